The Labute approximate surface area is 121 Å². The number of hydrogen-bond donors (Lipinski definition) is 0. The Morgan fingerprint density at radius 3 is 3.00 bits per heavy atom. The lowest BCUT2D eigenvalue weighted by Gasteiger charge is -2.04. The van der Waals surface area contributed by atoms with Gasteiger partial charge in [0.25, 0.3) is 0 Å². The van der Waals surface area contributed by atoms with Gasteiger partial charge in [-0.05, 0) is 24.1 Å². The van der Waals surface area contributed by atoms with Crippen LogP contribution in [0.25, 0.3) is 5.52 Å². The van der Waals surface area contributed by atoms with Crippen LogP contribution in [-0.4, -0.2) is 20.4 Å². The van der Waals surface area contributed by atoms with E-state index in [2.05, 4.69) is 10.1 Å². The summed E-state index contributed by atoms with van der Waals surface area (Å²) in [7, 11) is 0. The lowest BCUT2D eigenvalue weighted by molar-refractivity contribution is 0.0994. The third-order valence-corrected chi connectivity index (χ3v) is 3.54. The molecule has 5 heteroatoms. The van der Waals surface area contributed by atoms with E-state index >= 15 is 0 Å². The van der Waals surface area contributed by atoms with Gasteiger partial charge in [-0.3, -0.25) is 9.78 Å². The maximum Gasteiger partial charge on any atom is 0.171 e. The molecular weight excluding hydrogens is 274 g/mol. The summed E-state index contributed by atoms with van der Waals surface area (Å²) in [4.78, 5) is 16.4. The van der Waals surface area contributed by atoms with Crippen molar-refractivity contribution in [3.05, 3.63) is 64.7 Å². The van der Waals surface area contributed by atoms with E-state index in [1.807, 2.05) is 25.1 Å². The van der Waals surface area contributed by atoms with Gasteiger partial charge in [0.2, 0.25) is 0 Å². The van der Waals surface area contributed by atoms with Crippen LogP contribution in [-0.2, 0) is 6.42 Å². The molecule has 0 bridgehead atoms. The average molecular weight is 286 g/mol. The average Bonchev–Trinajstić information content (AvgIpc) is 2.86. The number of carbonyl (C=O) groups excluding carboxylic acids is 1. The van der Waals surface area contributed by atoms with E-state index in [4.69, 9.17) is 11.6 Å². The van der Waals surface area contributed by atoms with Crippen molar-refractivity contribution in [1.82, 2.24) is 14.6 Å². The van der Waals surface area contributed by atoms with Crippen molar-refractivity contribution < 1.29 is 4.79 Å². The van der Waals surface area contributed by atoms with Gasteiger partial charge in [-0.2, -0.15) is 5.10 Å². The van der Waals surface area contributed by atoms with Crippen molar-refractivity contribution >= 4 is 22.9 Å². The second-order valence-corrected chi connectivity index (χ2v) is 5.07. The number of halogens is 1. The Morgan fingerprint density at radius 1 is 1.35 bits per heavy atom. The largest absolute Gasteiger partial charge is 0.294 e. The minimum absolute atomic E-state index is 0.0150. The predicted octanol–water partition coefficient (Wildman–Crippen LogP) is 3.12. The molecule has 0 aliphatic rings. The summed E-state index contributed by atoms with van der Waals surface area (Å²) in [6.07, 6.45) is 6.81. The molecule has 0 aliphatic heterocycles. The number of benzene rings is 1. The lowest BCUT2D eigenvalue weighted by atomic mass is 10.0. The summed E-state index contributed by atoms with van der Waals surface area (Å²) < 4.78 is 1.64. The number of nitrogens with zero attached hydrogens (tertiary/aromatic N) is 3. The van der Waals surface area contributed by atoms with Crippen LogP contribution in [0, 0.1) is 6.92 Å². The summed E-state index contributed by atoms with van der Waals surface area (Å²) in [6.45, 7) is 1.97. The van der Waals surface area contributed by atoms with E-state index in [-0.39, 0.29) is 12.2 Å². The van der Waals surface area contributed by atoms with Crippen molar-refractivity contribution in [2.24, 2.45) is 0 Å². The fourth-order valence-corrected chi connectivity index (χ4v) is 2.42. The fraction of sp³-hybridized carbons (Fsp3) is 0.133. The number of aryl methyl sites for hydroxylation is 1. The van der Waals surface area contributed by atoms with Crippen LogP contribution in [0.3, 0.4) is 0 Å². The summed E-state index contributed by atoms with van der Waals surface area (Å²) >= 11 is 6.17. The molecular formula is C15H12ClN3O. The molecule has 0 saturated heterocycles. The lowest BCUT2D eigenvalue weighted by Crippen LogP contribution is -2.04. The van der Waals surface area contributed by atoms with Gasteiger partial charge in [0.05, 0.1) is 23.5 Å². The van der Waals surface area contributed by atoms with Gasteiger partial charge >= 0.3 is 0 Å². The maximum absolute atomic E-state index is 12.4. The molecule has 0 unspecified atom stereocenters. The zero-order valence-corrected chi connectivity index (χ0v) is 11.6. The summed E-state index contributed by atoms with van der Waals surface area (Å²) in [5, 5.41) is 4.76. The highest BCUT2D eigenvalue weighted by atomic mass is 35.5. The Bertz CT molecular complexity index is 795. The van der Waals surface area contributed by atoms with Gasteiger partial charge in [-0.15, -0.1) is 0 Å². The smallest absolute Gasteiger partial charge is 0.171 e. The first-order valence-electron chi connectivity index (χ1n) is 6.21. The van der Waals surface area contributed by atoms with Crippen LogP contribution in [0.2, 0.25) is 5.02 Å². The molecule has 0 radical (unpaired) electrons. The number of ketones is 1. The monoisotopic (exact) mass is 285 g/mol. The van der Waals surface area contributed by atoms with Gasteiger partial charge in [-0.25, -0.2) is 4.52 Å². The first-order chi connectivity index (χ1) is 9.65. The SMILES string of the molecule is Cc1ccc(CC(=O)c2cnn3ccncc23)c(Cl)c1. The van der Waals surface area contributed by atoms with E-state index in [1.54, 1.807) is 29.3 Å². The topological polar surface area (TPSA) is 47.3 Å². The summed E-state index contributed by atoms with van der Waals surface area (Å²) in [6, 6.07) is 5.70. The fourth-order valence-electron chi connectivity index (χ4n) is 2.11. The first kappa shape index (κ1) is 12.8. The molecule has 0 spiro atoms. The number of hydrogen-bond acceptors (Lipinski definition) is 3. The van der Waals surface area contributed by atoms with E-state index in [0.717, 1.165) is 11.1 Å². The third-order valence-electron chi connectivity index (χ3n) is 3.18. The second kappa shape index (κ2) is 5.06. The van der Waals surface area contributed by atoms with Crippen LogP contribution >= 0.6 is 11.6 Å². The quantitative estimate of drug-likeness (QED) is 0.695. The number of Topliss-reactive ketones (excluding diaryl/α,β-unsaturated/α-hetero) is 1. The molecule has 2 aromatic heterocycles. The van der Waals surface area contributed by atoms with Gasteiger partial charge in [0.1, 0.15) is 0 Å². The molecule has 3 aromatic rings. The first-order valence-corrected chi connectivity index (χ1v) is 6.58. The Balaban J connectivity index is 1.93. The van der Waals surface area contributed by atoms with Gasteiger partial charge in [-0.1, -0.05) is 23.7 Å². The van der Waals surface area contributed by atoms with Crippen LogP contribution in [0.4, 0.5) is 0 Å². The minimum atomic E-state index is -0.0150. The summed E-state index contributed by atoms with van der Waals surface area (Å²) in [5.74, 6) is -0.0150. The van der Waals surface area contributed by atoms with Gasteiger partial charge < -0.3 is 0 Å². The van der Waals surface area contributed by atoms with Crippen LogP contribution < -0.4 is 0 Å². The molecule has 1 aromatic carbocycles. The zero-order chi connectivity index (χ0) is 14.1. The predicted molar refractivity (Wildman–Crippen MR) is 77.2 cm³/mol. The van der Waals surface area contributed by atoms with Crippen LogP contribution in [0.1, 0.15) is 21.5 Å². The standard InChI is InChI=1S/C15H12ClN3O/c1-10-2-3-11(13(16)6-10)7-15(20)12-8-18-19-5-4-17-9-14(12)19/h2-6,8-9H,7H2,1H3. The third kappa shape index (κ3) is 2.30. The van der Waals surface area contributed by atoms with Gasteiger partial charge in [0.15, 0.2) is 5.78 Å². The molecule has 0 amide bonds. The van der Waals surface area contributed by atoms with Crippen LogP contribution in [0.15, 0.2) is 43.0 Å². The van der Waals surface area contributed by atoms with E-state index in [9.17, 15) is 4.79 Å². The van der Waals surface area contributed by atoms with Crippen molar-refractivity contribution in [1.29, 1.82) is 0 Å². The molecule has 0 aliphatic carbocycles. The Morgan fingerprint density at radius 2 is 2.20 bits per heavy atom. The zero-order valence-electron chi connectivity index (χ0n) is 10.9. The number of rotatable bonds is 3. The molecule has 3 rings (SSSR count). The van der Waals surface area contributed by atoms with E-state index < -0.39 is 0 Å². The molecule has 100 valence electrons. The molecule has 0 fully saturated rings. The Kier molecular flexibility index (Phi) is 3.24. The molecule has 0 saturated carbocycles. The molecule has 4 nitrogen and oxygen atoms in total. The number of aromatic nitrogens is 3. The molecule has 2 heterocycles. The molecule has 0 atom stereocenters. The van der Waals surface area contributed by atoms with Gasteiger partial charge in [0, 0.05) is 23.8 Å². The molecule has 0 N–H and O–H groups in total. The maximum atomic E-state index is 12.4. The summed E-state index contributed by atoms with van der Waals surface area (Å²) in [5.41, 5.74) is 3.17. The minimum Gasteiger partial charge on any atom is -0.294 e. The van der Waals surface area contributed by atoms with E-state index in [0.29, 0.717) is 16.1 Å². The highest BCUT2D eigenvalue weighted by Crippen LogP contribution is 2.20. The van der Waals surface area contributed by atoms with Crippen molar-refractivity contribution in [3.8, 4) is 0 Å². The van der Waals surface area contributed by atoms with E-state index in [1.165, 1.54) is 0 Å². The van der Waals surface area contributed by atoms with Crippen molar-refractivity contribution in [2.75, 3.05) is 0 Å². The van der Waals surface area contributed by atoms with Crippen molar-refractivity contribution in [2.45, 2.75) is 13.3 Å². The highest BCUT2D eigenvalue weighted by Gasteiger charge is 2.14. The number of carbonyl (C=O) groups is 1. The number of fused-ring (bicyclic) bond motifs is 1. The highest BCUT2D eigenvalue weighted by molar-refractivity contribution is 6.31. The molecule has 20 heavy (non-hydrogen) atoms. The van der Waals surface area contributed by atoms with Crippen molar-refractivity contribution in [3.63, 3.8) is 0 Å². The van der Waals surface area contributed by atoms with Crippen LogP contribution in [0.5, 0.6) is 0 Å². The normalized spacial score (nSPS) is 10.9. The second-order valence-electron chi connectivity index (χ2n) is 4.66. The Hall–Kier alpha value is -2.20.